The van der Waals surface area contributed by atoms with Gasteiger partial charge in [-0.05, 0) is 45.0 Å². The molecule has 7 heteroatoms. The van der Waals surface area contributed by atoms with Crippen LogP contribution in [0.15, 0.2) is 28.7 Å². The molecule has 1 saturated heterocycles. The van der Waals surface area contributed by atoms with Gasteiger partial charge in [0.15, 0.2) is 0 Å². The number of likely N-dealkylation sites (tertiary alicyclic amines) is 1. The number of carbonyl (C=O) groups excluding carboxylic acids is 1. The van der Waals surface area contributed by atoms with Gasteiger partial charge in [0, 0.05) is 4.47 Å². The van der Waals surface area contributed by atoms with Gasteiger partial charge in [-0.15, -0.1) is 0 Å². The zero-order valence-corrected chi connectivity index (χ0v) is 14.2. The van der Waals surface area contributed by atoms with E-state index in [1.807, 2.05) is 0 Å². The van der Waals surface area contributed by atoms with Gasteiger partial charge in [-0.3, -0.25) is 4.90 Å². The van der Waals surface area contributed by atoms with Crippen LogP contribution in [-0.2, 0) is 9.53 Å². The van der Waals surface area contributed by atoms with E-state index in [2.05, 4.69) is 15.9 Å². The molecule has 0 saturated carbocycles. The van der Waals surface area contributed by atoms with Gasteiger partial charge in [0.05, 0.1) is 13.1 Å². The van der Waals surface area contributed by atoms with Crippen LogP contribution in [0.1, 0.15) is 20.8 Å². The van der Waals surface area contributed by atoms with Gasteiger partial charge in [-0.1, -0.05) is 15.9 Å². The zero-order chi connectivity index (χ0) is 16.5. The van der Waals surface area contributed by atoms with Crippen LogP contribution in [0.25, 0.3) is 0 Å². The lowest BCUT2D eigenvalue weighted by Gasteiger charge is -2.46. The fourth-order valence-corrected chi connectivity index (χ4v) is 2.26. The number of amides is 1. The molecular formula is C15H18BrNO5. The summed E-state index contributed by atoms with van der Waals surface area (Å²) in [7, 11) is 0. The summed E-state index contributed by atoms with van der Waals surface area (Å²) >= 11 is 3.30. The first-order valence-corrected chi connectivity index (χ1v) is 7.56. The molecule has 0 atom stereocenters. The predicted molar refractivity (Wildman–Crippen MR) is 82.9 cm³/mol. The van der Waals surface area contributed by atoms with Crippen LogP contribution in [0.2, 0.25) is 0 Å². The number of carbonyl (C=O) groups is 2. The van der Waals surface area contributed by atoms with E-state index < -0.39 is 23.3 Å². The highest BCUT2D eigenvalue weighted by Gasteiger charge is 2.55. The largest absolute Gasteiger partial charge is 0.478 e. The molecule has 0 unspecified atom stereocenters. The van der Waals surface area contributed by atoms with Gasteiger partial charge in [0.25, 0.3) is 0 Å². The molecule has 1 amide bonds. The van der Waals surface area contributed by atoms with Crippen molar-refractivity contribution in [2.24, 2.45) is 0 Å². The molecule has 0 aromatic heterocycles. The molecule has 1 N–H and O–H groups in total. The average molecular weight is 372 g/mol. The van der Waals surface area contributed by atoms with E-state index >= 15 is 0 Å². The summed E-state index contributed by atoms with van der Waals surface area (Å²) < 4.78 is 11.7. The summed E-state index contributed by atoms with van der Waals surface area (Å²) in [5.41, 5.74) is -2.05. The Morgan fingerprint density at radius 2 is 1.77 bits per heavy atom. The van der Waals surface area contributed by atoms with Gasteiger partial charge in [-0.2, -0.15) is 0 Å². The number of aliphatic carboxylic acids is 1. The first-order chi connectivity index (χ1) is 10.1. The monoisotopic (exact) mass is 371 g/mol. The predicted octanol–water partition coefficient (Wildman–Crippen LogP) is 2.90. The molecule has 0 aliphatic carbocycles. The molecule has 1 aromatic carbocycles. The number of benzene rings is 1. The average Bonchev–Trinajstić information content (AvgIpc) is 2.32. The number of rotatable bonds is 3. The maximum absolute atomic E-state index is 11.9. The van der Waals surface area contributed by atoms with Crippen molar-refractivity contribution in [1.29, 1.82) is 0 Å². The molecule has 1 aliphatic rings. The van der Waals surface area contributed by atoms with E-state index in [1.54, 1.807) is 45.0 Å². The number of nitrogens with zero attached hydrogens (tertiary/aromatic N) is 1. The zero-order valence-electron chi connectivity index (χ0n) is 12.6. The van der Waals surface area contributed by atoms with Crippen LogP contribution in [0.4, 0.5) is 4.79 Å². The van der Waals surface area contributed by atoms with E-state index in [1.165, 1.54) is 4.90 Å². The van der Waals surface area contributed by atoms with Crippen LogP contribution in [0.3, 0.4) is 0 Å². The Morgan fingerprint density at radius 1 is 1.23 bits per heavy atom. The minimum absolute atomic E-state index is 0.0483. The van der Waals surface area contributed by atoms with Crippen LogP contribution < -0.4 is 4.74 Å². The van der Waals surface area contributed by atoms with Gasteiger partial charge in [-0.25, -0.2) is 9.59 Å². The number of halogens is 1. The highest BCUT2D eigenvalue weighted by atomic mass is 79.9. The van der Waals surface area contributed by atoms with Crippen molar-refractivity contribution in [3.05, 3.63) is 28.7 Å². The maximum Gasteiger partial charge on any atom is 0.410 e. The summed E-state index contributed by atoms with van der Waals surface area (Å²) in [5, 5.41) is 9.42. The standard InChI is InChI=1S/C15H18BrNO5/c1-14(2,3)22-13(20)17-8-15(9-17,12(18)19)21-11-6-4-10(16)5-7-11/h4-7H,8-9H2,1-3H3,(H,18,19). The molecule has 120 valence electrons. The quantitative estimate of drug-likeness (QED) is 0.883. The molecule has 0 bridgehead atoms. The first-order valence-electron chi connectivity index (χ1n) is 6.77. The Hall–Kier alpha value is -1.76. The molecule has 0 radical (unpaired) electrons. The minimum atomic E-state index is -1.43. The van der Waals surface area contributed by atoms with Gasteiger partial charge < -0.3 is 14.6 Å². The molecule has 6 nitrogen and oxygen atoms in total. The SMILES string of the molecule is CC(C)(C)OC(=O)N1CC(Oc2ccc(Br)cc2)(C(=O)O)C1. The Kier molecular flexibility index (Phi) is 4.37. The number of carboxylic acid groups (broad SMARTS) is 1. The third-order valence-corrected chi connectivity index (χ3v) is 3.59. The number of hydrogen-bond acceptors (Lipinski definition) is 4. The molecule has 1 fully saturated rings. The number of carboxylic acids is 1. The summed E-state index contributed by atoms with van der Waals surface area (Å²) in [6, 6.07) is 6.86. The minimum Gasteiger partial charge on any atom is -0.478 e. The van der Waals surface area contributed by atoms with Crippen LogP contribution in [0.5, 0.6) is 5.75 Å². The van der Waals surface area contributed by atoms with Crippen molar-refractivity contribution >= 4 is 28.0 Å². The van der Waals surface area contributed by atoms with Crippen molar-refractivity contribution < 1.29 is 24.2 Å². The van der Waals surface area contributed by atoms with Crippen molar-refractivity contribution in [3.63, 3.8) is 0 Å². The number of hydrogen-bond donors (Lipinski definition) is 1. The molecule has 2 rings (SSSR count). The van der Waals surface area contributed by atoms with E-state index in [4.69, 9.17) is 9.47 Å². The Bertz CT molecular complexity index is 573. The van der Waals surface area contributed by atoms with E-state index in [0.717, 1.165) is 4.47 Å². The van der Waals surface area contributed by atoms with Crippen molar-refractivity contribution in [2.75, 3.05) is 13.1 Å². The van der Waals surface area contributed by atoms with Crippen molar-refractivity contribution in [1.82, 2.24) is 4.90 Å². The van der Waals surface area contributed by atoms with E-state index in [9.17, 15) is 14.7 Å². The summed E-state index contributed by atoms with van der Waals surface area (Å²) in [4.78, 5) is 24.7. The highest BCUT2D eigenvalue weighted by molar-refractivity contribution is 9.10. The second-order valence-electron chi connectivity index (χ2n) is 6.19. The highest BCUT2D eigenvalue weighted by Crippen LogP contribution is 2.30. The van der Waals surface area contributed by atoms with Gasteiger partial charge >= 0.3 is 12.1 Å². The summed E-state index contributed by atoms with van der Waals surface area (Å²) in [6.07, 6.45) is -0.538. The van der Waals surface area contributed by atoms with Gasteiger partial charge in [0.1, 0.15) is 11.4 Å². The lowest BCUT2D eigenvalue weighted by Crippen LogP contribution is -2.70. The Morgan fingerprint density at radius 3 is 2.23 bits per heavy atom. The molecule has 1 aliphatic heterocycles. The molecule has 0 spiro atoms. The number of ether oxygens (including phenoxy) is 2. The third-order valence-electron chi connectivity index (χ3n) is 3.06. The molecular weight excluding hydrogens is 354 g/mol. The second-order valence-corrected chi connectivity index (χ2v) is 7.11. The van der Waals surface area contributed by atoms with Crippen LogP contribution in [0, 0.1) is 0 Å². The van der Waals surface area contributed by atoms with Crippen molar-refractivity contribution in [2.45, 2.75) is 32.0 Å². The van der Waals surface area contributed by atoms with Crippen LogP contribution in [-0.4, -0.2) is 46.4 Å². The van der Waals surface area contributed by atoms with Crippen molar-refractivity contribution in [3.8, 4) is 5.75 Å². The van der Waals surface area contributed by atoms with Gasteiger partial charge in [0.2, 0.25) is 5.60 Å². The first kappa shape index (κ1) is 16.6. The van der Waals surface area contributed by atoms with Crippen LogP contribution >= 0.6 is 15.9 Å². The normalized spacial score (nSPS) is 16.6. The summed E-state index contributed by atoms with van der Waals surface area (Å²) in [5.74, 6) is -0.662. The van der Waals surface area contributed by atoms with E-state index in [0.29, 0.717) is 5.75 Å². The Balaban J connectivity index is 2.03. The second kappa shape index (κ2) is 5.79. The Labute approximate surface area is 137 Å². The smallest absolute Gasteiger partial charge is 0.410 e. The molecule has 1 aromatic rings. The third kappa shape index (κ3) is 3.71. The fraction of sp³-hybridized carbons (Fsp3) is 0.467. The lowest BCUT2D eigenvalue weighted by atomic mass is 9.94. The fourth-order valence-electron chi connectivity index (χ4n) is 2.00. The molecule has 1 heterocycles. The summed E-state index contributed by atoms with van der Waals surface area (Å²) in [6.45, 7) is 5.18. The topological polar surface area (TPSA) is 76.1 Å². The molecule has 22 heavy (non-hydrogen) atoms. The maximum atomic E-state index is 11.9. The lowest BCUT2D eigenvalue weighted by molar-refractivity contribution is -0.170. The van der Waals surface area contributed by atoms with E-state index in [-0.39, 0.29) is 13.1 Å².